The third kappa shape index (κ3) is 4.74. The molecule has 1 saturated carbocycles. The van der Waals surface area contributed by atoms with E-state index < -0.39 is 0 Å². The largest absolute Gasteiger partial charge is 0.382 e. The predicted molar refractivity (Wildman–Crippen MR) is 82.6 cm³/mol. The summed E-state index contributed by atoms with van der Waals surface area (Å²) in [5.74, 6) is 0.332. The lowest BCUT2D eigenvalue weighted by Crippen LogP contribution is -2.28. The molecule has 1 aromatic heterocycles. The predicted octanol–water partition coefficient (Wildman–Crippen LogP) is 1.63. The van der Waals surface area contributed by atoms with Crippen LogP contribution >= 0.6 is 11.6 Å². The minimum absolute atomic E-state index is 0.0160. The van der Waals surface area contributed by atoms with Gasteiger partial charge in [0.2, 0.25) is 5.91 Å². The molecule has 2 N–H and O–H groups in total. The Morgan fingerprint density at radius 2 is 2.24 bits per heavy atom. The molecule has 0 aromatic carbocycles. The maximum Gasteiger partial charge on any atom is 0.287 e. The highest BCUT2D eigenvalue weighted by Crippen LogP contribution is 2.19. The molecule has 7 heteroatoms. The van der Waals surface area contributed by atoms with Crippen LogP contribution in [0.25, 0.3) is 0 Å². The number of halogens is 1. The van der Waals surface area contributed by atoms with Gasteiger partial charge in [0, 0.05) is 25.6 Å². The number of rotatable bonds is 7. The first-order chi connectivity index (χ1) is 9.97. The van der Waals surface area contributed by atoms with Gasteiger partial charge in [-0.3, -0.25) is 9.59 Å². The Morgan fingerprint density at radius 1 is 1.52 bits per heavy atom. The highest BCUT2D eigenvalue weighted by Gasteiger charge is 2.22. The molecule has 116 valence electrons. The van der Waals surface area contributed by atoms with E-state index in [-0.39, 0.29) is 16.5 Å². The number of aromatic nitrogens is 2. The van der Waals surface area contributed by atoms with Crippen molar-refractivity contribution >= 4 is 23.2 Å². The summed E-state index contributed by atoms with van der Waals surface area (Å²) in [6, 6.07) is 0.364. The van der Waals surface area contributed by atoms with Gasteiger partial charge in [-0.2, -0.15) is 5.10 Å². The number of carbonyl (C=O) groups is 1. The van der Waals surface area contributed by atoms with Crippen LogP contribution in [0.4, 0.5) is 5.69 Å². The lowest BCUT2D eigenvalue weighted by atomic mass is 10.2. The van der Waals surface area contributed by atoms with Gasteiger partial charge in [-0.15, -0.1) is 0 Å². The van der Waals surface area contributed by atoms with Crippen molar-refractivity contribution in [3.05, 3.63) is 21.6 Å². The van der Waals surface area contributed by atoms with Gasteiger partial charge in [0.25, 0.3) is 5.56 Å². The molecule has 0 unspecified atom stereocenters. The van der Waals surface area contributed by atoms with Crippen LogP contribution < -0.4 is 16.2 Å². The average Bonchev–Trinajstić information content (AvgIpc) is 3.21. The molecule has 1 aromatic rings. The van der Waals surface area contributed by atoms with Crippen molar-refractivity contribution in [3.8, 4) is 0 Å². The van der Waals surface area contributed by atoms with Gasteiger partial charge < -0.3 is 10.6 Å². The SMILES string of the molecule is CC(C)Cn1ncc(NCCC(=O)NC2CC2)c(Cl)c1=O. The molecule has 1 fully saturated rings. The Kier molecular flexibility index (Phi) is 5.22. The summed E-state index contributed by atoms with van der Waals surface area (Å²) < 4.78 is 1.36. The number of nitrogens with one attached hydrogen (secondary N) is 2. The van der Waals surface area contributed by atoms with E-state index in [1.54, 1.807) is 0 Å². The van der Waals surface area contributed by atoms with Crippen molar-refractivity contribution in [1.82, 2.24) is 15.1 Å². The Labute approximate surface area is 128 Å². The second kappa shape index (κ2) is 6.93. The average molecular weight is 313 g/mol. The molecule has 1 amide bonds. The summed E-state index contributed by atoms with van der Waals surface area (Å²) in [6.45, 7) is 4.97. The van der Waals surface area contributed by atoms with Crippen molar-refractivity contribution in [2.45, 2.75) is 45.7 Å². The van der Waals surface area contributed by atoms with Crippen LogP contribution in [0.3, 0.4) is 0 Å². The minimum atomic E-state index is -0.308. The molecular weight excluding hydrogens is 292 g/mol. The molecule has 1 aliphatic rings. The zero-order chi connectivity index (χ0) is 15.4. The Hall–Kier alpha value is -1.56. The maximum absolute atomic E-state index is 12.0. The van der Waals surface area contributed by atoms with Crippen molar-refractivity contribution in [2.24, 2.45) is 5.92 Å². The lowest BCUT2D eigenvalue weighted by Gasteiger charge is -2.11. The summed E-state index contributed by atoms with van der Waals surface area (Å²) in [4.78, 5) is 23.6. The number of amides is 1. The van der Waals surface area contributed by atoms with E-state index in [4.69, 9.17) is 11.6 Å². The molecule has 6 nitrogen and oxygen atoms in total. The summed E-state index contributed by atoms with van der Waals surface area (Å²) in [5.41, 5.74) is 0.165. The molecule has 0 radical (unpaired) electrons. The molecule has 0 bridgehead atoms. The van der Waals surface area contributed by atoms with E-state index in [0.29, 0.717) is 37.2 Å². The zero-order valence-electron chi connectivity index (χ0n) is 12.4. The standard InChI is InChI=1S/C14H21ClN4O2/c1-9(2)8-19-14(21)13(15)11(7-17-19)16-6-5-12(20)18-10-3-4-10/h7,9-10,16H,3-6,8H2,1-2H3,(H,18,20). The molecule has 1 aliphatic carbocycles. The number of anilines is 1. The first-order valence-corrected chi connectivity index (χ1v) is 7.64. The van der Waals surface area contributed by atoms with Crippen LogP contribution in [0, 0.1) is 5.92 Å². The first kappa shape index (κ1) is 15.8. The molecule has 1 heterocycles. The van der Waals surface area contributed by atoms with E-state index in [9.17, 15) is 9.59 Å². The van der Waals surface area contributed by atoms with Crippen LogP contribution in [0.2, 0.25) is 5.02 Å². The third-order valence-corrected chi connectivity index (χ3v) is 3.50. The van der Waals surface area contributed by atoms with Gasteiger partial charge in [-0.05, 0) is 18.8 Å². The van der Waals surface area contributed by atoms with Gasteiger partial charge >= 0.3 is 0 Å². The molecule has 0 spiro atoms. The molecule has 0 aliphatic heterocycles. The third-order valence-electron chi connectivity index (χ3n) is 3.13. The second-order valence-electron chi connectivity index (χ2n) is 5.77. The van der Waals surface area contributed by atoms with Gasteiger partial charge in [0.05, 0.1) is 11.9 Å². The molecular formula is C14H21ClN4O2. The van der Waals surface area contributed by atoms with Crippen LogP contribution in [0.5, 0.6) is 0 Å². The highest BCUT2D eigenvalue weighted by atomic mass is 35.5. The number of nitrogens with zero attached hydrogens (tertiary/aromatic N) is 2. The fourth-order valence-corrected chi connectivity index (χ4v) is 2.12. The van der Waals surface area contributed by atoms with Crippen LogP contribution in [-0.2, 0) is 11.3 Å². The second-order valence-corrected chi connectivity index (χ2v) is 6.15. The van der Waals surface area contributed by atoms with E-state index in [0.717, 1.165) is 12.8 Å². The smallest absolute Gasteiger partial charge is 0.287 e. The molecule has 0 atom stereocenters. The van der Waals surface area contributed by atoms with Crippen molar-refractivity contribution in [1.29, 1.82) is 0 Å². The summed E-state index contributed by atoms with van der Waals surface area (Å²) in [7, 11) is 0. The van der Waals surface area contributed by atoms with Gasteiger partial charge in [0.15, 0.2) is 0 Å². The number of hydrogen-bond donors (Lipinski definition) is 2. The van der Waals surface area contributed by atoms with Crippen LogP contribution in [0.1, 0.15) is 33.1 Å². The van der Waals surface area contributed by atoms with E-state index >= 15 is 0 Å². The lowest BCUT2D eigenvalue weighted by molar-refractivity contribution is -0.120. The monoisotopic (exact) mass is 312 g/mol. The summed E-state index contributed by atoms with van der Waals surface area (Å²) in [5, 5.41) is 10.1. The van der Waals surface area contributed by atoms with Gasteiger partial charge in [-0.1, -0.05) is 25.4 Å². The van der Waals surface area contributed by atoms with Crippen molar-refractivity contribution < 1.29 is 4.79 Å². The fraction of sp³-hybridized carbons (Fsp3) is 0.643. The normalized spacial score (nSPS) is 14.3. The summed E-state index contributed by atoms with van der Waals surface area (Å²) >= 11 is 6.06. The van der Waals surface area contributed by atoms with Crippen molar-refractivity contribution in [3.63, 3.8) is 0 Å². The summed E-state index contributed by atoms with van der Waals surface area (Å²) in [6.07, 6.45) is 4.03. The molecule has 0 saturated heterocycles. The topological polar surface area (TPSA) is 76.0 Å². The van der Waals surface area contributed by atoms with Crippen LogP contribution in [-0.4, -0.2) is 28.3 Å². The molecule has 2 rings (SSSR count). The Morgan fingerprint density at radius 3 is 2.86 bits per heavy atom. The van der Waals surface area contributed by atoms with E-state index in [2.05, 4.69) is 15.7 Å². The fourth-order valence-electron chi connectivity index (χ4n) is 1.90. The number of carbonyl (C=O) groups excluding carboxylic acids is 1. The zero-order valence-corrected chi connectivity index (χ0v) is 13.1. The number of hydrogen-bond acceptors (Lipinski definition) is 4. The maximum atomic E-state index is 12.0. The Bertz CT molecular complexity index is 567. The highest BCUT2D eigenvalue weighted by molar-refractivity contribution is 6.32. The minimum Gasteiger partial charge on any atom is -0.382 e. The van der Waals surface area contributed by atoms with Gasteiger partial charge in [-0.25, -0.2) is 4.68 Å². The van der Waals surface area contributed by atoms with Gasteiger partial charge in [0.1, 0.15) is 5.02 Å². The molecule has 21 heavy (non-hydrogen) atoms. The van der Waals surface area contributed by atoms with E-state index in [1.165, 1.54) is 10.9 Å². The Balaban J connectivity index is 1.89. The van der Waals surface area contributed by atoms with Crippen molar-refractivity contribution in [2.75, 3.05) is 11.9 Å². The van der Waals surface area contributed by atoms with E-state index in [1.807, 2.05) is 13.8 Å². The first-order valence-electron chi connectivity index (χ1n) is 7.26. The van der Waals surface area contributed by atoms with Crippen LogP contribution in [0.15, 0.2) is 11.0 Å². The quantitative estimate of drug-likeness (QED) is 0.802.